The second-order valence-electron chi connectivity index (χ2n) is 9.50. The largest absolute Gasteiger partial charge is 0.506 e. The van der Waals surface area contributed by atoms with Crippen LogP contribution in [-0.4, -0.2) is 40.2 Å². The van der Waals surface area contributed by atoms with Gasteiger partial charge in [0.15, 0.2) is 0 Å². The minimum absolute atomic E-state index is 0.0305. The van der Waals surface area contributed by atoms with E-state index in [1.165, 1.54) is 18.2 Å². The van der Waals surface area contributed by atoms with Crippen LogP contribution in [0.15, 0.2) is 41.2 Å². The number of alkyl halides is 3. The van der Waals surface area contributed by atoms with Crippen LogP contribution in [-0.2, 0) is 15.7 Å². The van der Waals surface area contributed by atoms with E-state index in [1.807, 2.05) is 0 Å². The van der Waals surface area contributed by atoms with Gasteiger partial charge in [-0.2, -0.15) is 13.2 Å². The lowest BCUT2D eigenvalue weighted by Gasteiger charge is -2.30. The monoisotopic (exact) mass is 521 g/mol. The molecular formula is C25H23F4N3O5. The van der Waals surface area contributed by atoms with Crippen LogP contribution in [0.1, 0.15) is 48.3 Å². The molecule has 2 heterocycles. The molecule has 3 N–H and O–H groups in total. The molecule has 1 aliphatic heterocycles. The molecule has 8 nitrogen and oxygen atoms in total. The number of anilines is 1. The Bertz CT molecular complexity index is 1460. The quantitative estimate of drug-likeness (QED) is 0.354. The van der Waals surface area contributed by atoms with Crippen molar-refractivity contribution >= 4 is 28.5 Å². The lowest BCUT2D eigenvalue weighted by atomic mass is 9.98. The molecule has 3 aromatic rings. The maximum absolute atomic E-state index is 14.9. The fourth-order valence-electron chi connectivity index (χ4n) is 4.21. The van der Waals surface area contributed by atoms with Gasteiger partial charge in [0.1, 0.15) is 29.3 Å². The first-order valence-electron chi connectivity index (χ1n) is 11.2. The first-order chi connectivity index (χ1) is 17.2. The van der Waals surface area contributed by atoms with Crippen molar-refractivity contribution in [2.45, 2.75) is 38.6 Å². The Morgan fingerprint density at radius 2 is 1.78 bits per heavy atom. The maximum Gasteiger partial charge on any atom is 0.416 e. The third kappa shape index (κ3) is 4.95. The number of esters is 1. The summed E-state index contributed by atoms with van der Waals surface area (Å²) in [6.45, 7) is 4.26. The Morgan fingerprint density at radius 3 is 2.38 bits per heavy atom. The molecular weight excluding hydrogens is 498 g/mol. The van der Waals surface area contributed by atoms with E-state index in [4.69, 9.17) is 4.74 Å². The fraction of sp³-hybridized carbons (Fsp3) is 0.320. The van der Waals surface area contributed by atoms with Gasteiger partial charge in [0.2, 0.25) is 0 Å². The van der Waals surface area contributed by atoms with Gasteiger partial charge in [-0.1, -0.05) is 12.1 Å². The number of aromatic nitrogens is 1. The topological polar surface area (TPSA) is 110 Å². The van der Waals surface area contributed by atoms with E-state index in [9.17, 15) is 37.1 Å². The summed E-state index contributed by atoms with van der Waals surface area (Å²) in [4.78, 5) is 38.5. The third-order valence-corrected chi connectivity index (χ3v) is 5.73. The van der Waals surface area contributed by atoms with Crippen LogP contribution in [0.25, 0.3) is 10.9 Å². The lowest BCUT2D eigenvalue weighted by Crippen LogP contribution is -2.41. The molecule has 0 fully saturated rings. The number of rotatable bonds is 4. The number of ether oxygens (including phenoxy) is 1. The molecule has 1 atom stereocenters. The van der Waals surface area contributed by atoms with Crippen molar-refractivity contribution in [2.24, 2.45) is 0 Å². The van der Waals surface area contributed by atoms with Gasteiger partial charge in [-0.05, 0) is 50.6 Å². The Balaban J connectivity index is 1.83. The predicted molar refractivity (Wildman–Crippen MR) is 126 cm³/mol. The highest BCUT2D eigenvalue weighted by Gasteiger charge is 2.34. The molecule has 2 aromatic carbocycles. The van der Waals surface area contributed by atoms with Crippen molar-refractivity contribution < 1.29 is 37.0 Å². The van der Waals surface area contributed by atoms with Crippen LogP contribution in [0, 0.1) is 5.82 Å². The number of aromatic hydroxyl groups is 1. The molecule has 1 unspecified atom stereocenters. The molecule has 0 aliphatic carbocycles. The summed E-state index contributed by atoms with van der Waals surface area (Å²) < 4.78 is 60.2. The number of benzene rings is 2. The normalized spacial score (nSPS) is 15.3. The Morgan fingerprint density at radius 1 is 1.14 bits per heavy atom. The second kappa shape index (κ2) is 9.09. The molecule has 0 radical (unpaired) electrons. The zero-order valence-electron chi connectivity index (χ0n) is 20.0. The van der Waals surface area contributed by atoms with Crippen LogP contribution in [0.4, 0.5) is 23.2 Å². The van der Waals surface area contributed by atoms with E-state index >= 15 is 0 Å². The van der Waals surface area contributed by atoms with Crippen LogP contribution in [0.5, 0.6) is 5.75 Å². The van der Waals surface area contributed by atoms with Gasteiger partial charge < -0.3 is 20.5 Å². The van der Waals surface area contributed by atoms with E-state index in [0.717, 1.165) is 22.8 Å². The Hall–Kier alpha value is -4.09. The summed E-state index contributed by atoms with van der Waals surface area (Å²) in [5.41, 5.74) is -3.04. The second-order valence-corrected chi connectivity index (χ2v) is 9.50. The molecule has 196 valence electrons. The predicted octanol–water partition coefficient (Wildman–Crippen LogP) is 3.95. The van der Waals surface area contributed by atoms with Crippen molar-refractivity contribution in [1.82, 2.24) is 9.88 Å². The van der Waals surface area contributed by atoms with E-state index in [2.05, 4.69) is 10.6 Å². The highest BCUT2D eigenvalue weighted by molar-refractivity contribution is 6.06. The molecule has 0 bridgehead atoms. The SMILES string of the molecule is CC(C)(C)OC(=O)CNC(=O)c1c(O)c2c(F)ccc3c2n(c1=O)C(c1ccc(C(F)(F)F)cc1)CN3. The average Bonchev–Trinajstić information content (AvgIpc) is 2.79. The van der Waals surface area contributed by atoms with Crippen LogP contribution >= 0.6 is 0 Å². The van der Waals surface area contributed by atoms with Gasteiger partial charge >= 0.3 is 12.1 Å². The molecule has 1 aliphatic rings. The van der Waals surface area contributed by atoms with Crippen molar-refractivity contribution in [2.75, 3.05) is 18.4 Å². The number of hydrogen-bond donors (Lipinski definition) is 3. The van der Waals surface area contributed by atoms with Crippen molar-refractivity contribution in [3.05, 3.63) is 69.3 Å². The average molecular weight is 521 g/mol. The summed E-state index contributed by atoms with van der Waals surface area (Å²) in [7, 11) is 0. The van der Waals surface area contributed by atoms with Crippen LogP contribution < -0.4 is 16.2 Å². The highest BCUT2D eigenvalue weighted by atomic mass is 19.4. The number of amides is 1. The highest BCUT2D eigenvalue weighted by Crippen LogP contribution is 2.39. The first kappa shape index (κ1) is 26.0. The minimum atomic E-state index is -4.57. The summed E-state index contributed by atoms with van der Waals surface area (Å²) in [5, 5.41) is 15.6. The number of carbonyl (C=O) groups excluding carboxylic acids is 2. The standard InChI is InChI=1S/C25H23F4N3O5/c1-24(2,3)37-17(33)11-31-22(35)19-21(34)18-14(26)8-9-15-20(18)32(23(19)36)16(10-30-15)12-4-6-13(7-5-12)25(27,28)29/h4-9,16,30,34H,10-11H2,1-3H3,(H,31,35). The summed E-state index contributed by atoms with van der Waals surface area (Å²) in [5.74, 6) is -3.80. The zero-order valence-corrected chi connectivity index (χ0v) is 20.0. The summed E-state index contributed by atoms with van der Waals surface area (Å²) in [6.07, 6.45) is -4.57. The molecule has 0 spiro atoms. The van der Waals surface area contributed by atoms with Gasteiger partial charge in [0.05, 0.1) is 28.2 Å². The number of nitrogens with zero attached hydrogens (tertiary/aromatic N) is 1. The number of hydrogen-bond acceptors (Lipinski definition) is 6. The smallest absolute Gasteiger partial charge is 0.416 e. The van der Waals surface area contributed by atoms with E-state index in [0.29, 0.717) is 0 Å². The first-order valence-corrected chi connectivity index (χ1v) is 11.2. The molecule has 1 amide bonds. The Kier molecular flexibility index (Phi) is 6.39. The van der Waals surface area contributed by atoms with Crippen LogP contribution in [0.2, 0.25) is 0 Å². The van der Waals surface area contributed by atoms with E-state index in [-0.39, 0.29) is 23.3 Å². The van der Waals surface area contributed by atoms with E-state index < -0.39 is 69.9 Å². The fourth-order valence-corrected chi connectivity index (χ4v) is 4.21. The minimum Gasteiger partial charge on any atom is -0.506 e. The molecule has 0 saturated carbocycles. The van der Waals surface area contributed by atoms with Crippen LogP contribution in [0.3, 0.4) is 0 Å². The maximum atomic E-state index is 14.9. The van der Waals surface area contributed by atoms with Gasteiger partial charge in [-0.3, -0.25) is 19.0 Å². The molecule has 0 saturated heterocycles. The Labute approximate surface area is 207 Å². The lowest BCUT2D eigenvalue weighted by molar-refractivity contribution is -0.153. The summed E-state index contributed by atoms with van der Waals surface area (Å²) >= 11 is 0. The molecule has 4 rings (SSSR count). The number of nitrogens with one attached hydrogen (secondary N) is 2. The third-order valence-electron chi connectivity index (χ3n) is 5.73. The van der Waals surface area contributed by atoms with Gasteiger partial charge in [-0.25, -0.2) is 4.39 Å². The van der Waals surface area contributed by atoms with Crippen molar-refractivity contribution in [1.29, 1.82) is 0 Å². The van der Waals surface area contributed by atoms with E-state index in [1.54, 1.807) is 20.8 Å². The molecule has 12 heteroatoms. The number of carbonyl (C=O) groups is 2. The summed E-state index contributed by atoms with van der Waals surface area (Å²) in [6, 6.07) is 5.53. The molecule has 37 heavy (non-hydrogen) atoms. The number of halogens is 4. The van der Waals surface area contributed by atoms with Crippen molar-refractivity contribution in [3.63, 3.8) is 0 Å². The van der Waals surface area contributed by atoms with Gasteiger partial charge in [0, 0.05) is 6.54 Å². The molecule has 1 aromatic heterocycles. The van der Waals surface area contributed by atoms with Gasteiger partial charge in [0.25, 0.3) is 11.5 Å². The zero-order chi connectivity index (χ0) is 27.3. The number of pyridine rings is 1. The van der Waals surface area contributed by atoms with Gasteiger partial charge in [-0.15, -0.1) is 0 Å². The van der Waals surface area contributed by atoms with Crippen molar-refractivity contribution in [3.8, 4) is 5.75 Å².